The number of carbonyl (C=O) groups excluding carboxylic acids is 1. The summed E-state index contributed by atoms with van der Waals surface area (Å²) < 4.78 is -0.770. The van der Waals surface area contributed by atoms with Gasteiger partial charge in [0.15, 0.2) is 5.78 Å². The molecule has 0 amide bonds. The molecule has 3 heteroatoms. The molecule has 54 valence electrons. The van der Waals surface area contributed by atoms with Crippen molar-refractivity contribution in [3.63, 3.8) is 0 Å². The SMILES string of the molecule is CC(C)C(=O)C(C)(S)S. The van der Waals surface area contributed by atoms with Crippen molar-refractivity contribution >= 4 is 31.0 Å². The molecule has 9 heavy (non-hydrogen) atoms. The summed E-state index contributed by atoms with van der Waals surface area (Å²) in [6.45, 7) is 5.36. The lowest BCUT2D eigenvalue weighted by Gasteiger charge is -2.16. The number of Topliss-reactive ketones (excluding diaryl/α,β-unsaturated/α-hetero) is 1. The minimum atomic E-state index is -0.770. The molecule has 0 fully saturated rings. The van der Waals surface area contributed by atoms with Crippen molar-refractivity contribution in [1.82, 2.24) is 0 Å². The molecule has 0 atom stereocenters. The Balaban J connectivity index is 4.06. The smallest absolute Gasteiger partial charge is 0.160 e. The van der Waals surface area contributed by atoms with Crippen molar-refractivity contribution in [2.75, 3.05) is 0 Å². The molecule has 0 saturated carbocycles. The van der Waals surface area contributed by atoms with E-state index in [4.69, 9.17) is 0 Å². The highest BCUT2D eigenvalue weighted by atomic mass is 32.2. The number of hydrogen-bond acceptors (Lipinski definition) is 3. The highest BCUT2D eigenvalue weighted by molar-refractivity contribution is 8.01. The van der Waals surface area contributed by atoms with Crippen LogP contribution in [0.3, 0.4) is 0 Å². The summed E-state index contributed by atoms with van der Waals surface area (Å²) in [5.41, 5.74) is 0. The summed E-state index contributed by atoms with van der Waals surface area (Å²) in [6, 6.07) is 0. The van der Waals surface area contributed by atoms with Crippen LogP contribution in [-0.4, -0.2) is 9.86 Å². The second-order valence-corrected chi connectivity index (χ2v) is 4.68. The van der Waals surface area contributed by atoms with Crippen LogP contribution in [-0.2, 0) is 4.79 Å². The Labute approximate surface area is 67.0 Å². The van der Waals surface area contributed by atoms with Crippen molar-refractivity contribution in [2.45, 2.75) is 24.9 Å². The van der Waals surface area contributed by atoms with E-state index >= 15 is 0 Å². The van der Waals surface area contributed by atoms with E-state index in [1.54, 1.807) is 6.92 Å². The second-order valence-electron chi connectivity index (χ2n) is 2.54. The lowest BCUT2D eigenvalue weighted by Crippen LogP contribution is -2.26. The first-order valence-corrected chi connectivity index (χ1v) is 3.74. The summed E-state index contributed by atoms with van der Waals surface area (Å²) in [5, 5.41) is 0. The molecule has 0 rings (SSSR count). The fourth-order valence-corrected chi connectivity index (χ4v) is 1.06. The molecule has 0 spiro atoms. The summed E-state index contributed by atoms with van der Waals surface area (Å²) in [6.07, 6.45) is 0. The van der Waals surface area contributed by atoms with Crippen molar-refractivity contribution in [1.29, 1.82) is 0 Å². The Kier molecular flexibility index (Phi) is 3.09. The van der Waals surface area contributed by atoms with Gasteiger partial charge in [0, 0.05) is 5.92 Å². The van der Waals surface area contributed by atoms with Gasteiger partial charge in [-0.2, -0.15) is 25.3 Å². The van der Waals surface area contributed by atoms with E-state index in [0.717, 1.165) is 0 Å². The van der Waals surface area contributed by atoms with Crippen LogP contribution in [0, 0.1) is 5.92 Å². The van der Waals surface area contributed by atoms with Gasteiger partial charge >= 0.3 is 0 Å². The molecule has 0 unspecified atom stereocenters. The fraction of sp³-hybridized carbons (Fsp3) is 0.833. The van der Waals surface area contributed by atoms with Gasteiger partial charge in [-0.15, -0.1) is 0 Å². The zero-order chi connectivity index (χ0) is 7.65. The zero-order valence-corrected chi connectivity index (χ0v) is 7.67. The maximum atomic E-state index is 11.0. The average molecular weight is 164 g/mol. The molecule has 0 heterocycles. The Morgan fingerprint density at radius 1 is 1.44 bits per heavy atom. The van der Waals surface area contributed by atoms with Crippen molar-refractivity contribution in [3.8, 4) is 0 Å². The summed E-state index contributed by atoms with van der Waals surface area (Å²) in [7, 11) is 0. The molecule has 0 N–H and O–H groups in total. The van der Waals surface area contributed by atoms with Crippen LogP contribution in [0.5, 0.6) is 0 Å². The lowest BCUT2D eigenvalue weighted by molar-refractivity contribution is -0.121. The van der Waals surface area contributed by atoms with Crippen molar-refractivity contribution < 1.29 is 4.79 Å². The van der Waals surface area contributed by atoms with Gasteiger partial charge in [-0.25, -0.2) is 0 Å². The van der Waals surface area contributed by atoms with Gasteiger partial charge in [-0.3, -0.25) is 4.79 Å². The van der Waals surface area contributed by atoms with Crippen molar-refractivity contribution in [2.24, 2.45) is 5.92 Å². The minimum absolute atomic E-state index is 0.0185. The molecular weight excluding hydrogens is 152 g/mol. The zero-order valence-electron chi connectivity index (χ0n) is 5.88. The molecule has 0 aliphatic rings. The first-order chi connectivity index (χ1) is 3.85. The Morgan fingerprint density at radius 2 is 1.78 bits per heavy atom. The molecule has 0 aromatic heterocycles. The van der Waals surface area contributed by atoms with Crippen LogP contribution >= 0.6 is 25.3 Å². The standard InChI is InChI=1S/C6H12OS2/c1-4(2)5(7)6(3,8)9/h4,8-9H,1-3H3. The Bertz CT molecular complexity index is 113. The quantitative estimate of drug-likeness (QED) is 0.470. The first kappa shape index (κ1) is 9.37. The van der Waals surface area contributed by atoms with Crippen LogP contribution in [0.25, 0.3) is 0 Å². The van der Waals surface area contributed by atoms with Gasteiger partial charge in [-0.05, 0) is 6.92 Å². The molecule has 0 aromatic rings. The van der Waals surface area contributed by atoms with E-state index in [1.165, 1.54) is 0 Å². The average Bonchev–Trinajstić information content (AvgIpc) is 1.62. The van der Waals surface area contributed by atoms with Gasteiger partial charge in [0.05, 0.1) is 0 Å². The molecule has 0 aliphatic carbocycles. The normalized spacial score (nSPS) is 12.2. The molecule has 1 nitrogen and oxygen atoms in total. The first-order valence-electron chi connectivity index (χ1n) is 2.84. The van der Waals surface area contributed by atoms with Crippen LogP contribution in [0.2, 0.25) is 0 Å². The maximum Gasteiger partial charge on any atom is 0.160 e. The Hall–Kier alpha value is 0.370. The molecular formula is C6H12OS2. The monoisotopic (exact) mass is 164 g/mol. The molecule has 0 bridgehead atoms. The summed E-state index contributed by atoms with van der Waals surface area (Å²) in [4.78, 5) is 11.0. The second kappa shape index (κ2) is 2.97. The minimum Gasteiger partial charge on any atom is -0.297 e. The predicted molar refractivity (Wildman–Crippen MR) is 46.2 cm³/mol. The van der Waals surface area contributed by atoms with E-state index in [0.29, 0.717) is 0 Å². The number of carbonyl (C=O) groups is 1. The predicted octanol–water partition coefficient (Wildman–Crippen LogP) is 1.79. The Morgan fingerprint density at radius 3 is 1.78 bits per heavy atom. The van der Waals surface area contributed by atoms with E-state index < -0.39 is 4.08 Å². The number of thiol groups is 2. The largest absolute Gasteiger partial charge is 0.297 e. The van der Waals surface area contributed by atoms with Gasteiger partial charge in [0.2, 0.25) is 0 Å². The fourth-order valence-electron chi connectivity index (χ4n) is 0.547. The number of ketones is 1. The van der Waals surface area contributed by atoms with Gasteiger partial charge in [0.25, 0.3) is 0 Å². The number of rotatable bonds is 2. The molecule has 0 radical (unpaired) electrons. The number of hydrogen-bond donors (Lipinski definition) is 2. The van der Waals surface area contributed by atoms with Crippen LogP contribution < -0.4 is 0 Å². The lowest BCUT2D eigenvalue weighted by atomic mass is 10.1. The van der Waals surface area contributed by atoms with Crippen LogP contribution in [0.4, 0.5) is 0 Å². The summed E-state index contributed by atoms with van der Waals surface area (Å²) in [5.74, 6) is 0.0826. The highest BCUT2D eigenvalue weighted by Crippen LogP contribution is 2.22. The molecule has 0 saturated heterocycles. The van der Waals surface area contributed by atoms with Crippen LogP contribution in [0.1, 0.15) is 20.8 Å². The van der Waals surface area contributed by atoms with Crippen molar-refractivity contribution in [3.05, 3.63) is 0 Å². The molecule has 0 aliphatic heterocycles. The third-order valence-corrected chi connectivity index (χ3v) is 1.43. The third-order valence-electron chi connectivity index (χ3n) is 0.991. The van der Waals surface area contributed by atoms with E-state index in [1.807, 2.05) is 13.8 Å². The van der Waals surface area contributed by atoms with Gasteiger partial charge in [-0.1, -0.05) is 13.8 Å². The maximum absolute atomic E-state index is 11.0. The third kappa shape index (κ3) is 3.16. The van der Waals surface area contributed by atoms with E-state index in [9.17, 15) is 4.79 Å². The van der Waals surface area contributed by atoms with Gasteiger partial charge < -0.3 is 0 Å². The van der Waals surface area contributed by atoms with Crippen LogP contribution in [0.15, 0.2) is 0 Å². The van der Waals surface area contributed by atoms with Gasteiger partial charge in [0.1, 0.15) is 4.08 Å². The van der Waals surface area contributed by atoms with E-state index in [-0.39, 0.29) is 11.7 Å². The molecule has 0 aromatic carbocycles. The summed E-state index contributed by atoms with van der Waals surface area (Å²) >= 11 is 8.01. The topological polar surface area (TPSA) is 17.1 Å². The van der Waals surface area contributed by atoms with E-state index in [2.05, 4.69) is 25.3 Å². The highest BCUT2D eigenvalue weighted by Gasteiger charge is 2.25.